The first kappa shape index (κ1) is 32.0. The number of nitrogens with zero attached hydrogens (tertiary/aromatic N) is 1. The van der Waals surface area contributed by atoms with Crippen LogP contribution in [-0.2, 0) is 27.3 Å². The Morgan fingerprint density at radius 2 is 1.82 bits per heavy atom. The van der Waals surface area contributed by atoms with Gasteiger partial charge in [-0.3, -0.25) is 19.3 Å². The Kier molecular flexibility index (Phi) is 7.96. The van der Waals surface area contributed by atoms with E-state index in [-0.39, 0.29) is 30.5 Å². The van der Waals surface area contributed by atoms with Gasteiger partial charge >= 0.3 is 6.18 Å². The molecule has 0 saturated heterocycles. The third kappa shape index (κ3) is 5.12. The molecule has 1 saturated carbocycles. The van der Waals surface area contributed by atoms with Crippen LogP contribution >= 0.6 is 0 Å². The summed E-state index contributed by atoms with van der Waals surface area (Å²) in [5.74, 6) is -7.27. The van der Waals surface area contributed by atoms with E-state index in [1.807, 2.05) is 0 Å². The van der Waals surface area contributed by atoms with Gasteiger partial charge in [0.2, 0.25) is 5.78 Å². The molecule has 0 bridgehead atoms. The highest BCUT2D eigenvalue weighted by Crippen LogP contribution is 2.54. The molecule has 2 aromatic carbocycles. The number of rotatable bonds is 7. The largest absolute Gasteiger partial charge is 0.508 e. The normalized spacial score (nSPS) is 24.8. The zero-order valence-electron chi connectivity index (χ0n) is 24.5. The molecule has 0 radical (unpaired) electrons. The van der Waals surface area contributed by atoms with Gasteiger partial charge in [0.1, 0.15) is 28.6 Å². The average Bonchev–Trinajstić information content (AvgIpc) is 2.94. The molecule has 45 heavy (non-hydrogen) atoms. The van der Waals surface area contributed by atoms with Crippen LogP contribution in [0.3, 0.4) is 0 Å². The Balaban J connectivity index is 1.66. The van der Waals surface area contributed by atoms with Crippen molar-refractivity contribution >= 4 is 23.2 Å². The number of ether oxygens (including phenoxy) is 1. The van der Waals surface area contributed by atoms with E-state index in [0.717, 1.165) is 0 Å². The number of phenols is 1. The summed E-state index contributed by atoms with van der Waals surface area (Å²) >= 11 is 0. The Morgan fingerprint density at radius 3 is 2.42 bits per heavy atom. The van der Waals surface area contributed by atoms with Gasteiger partial charge in [-0.05, 0) is 67.7 Å². The summed E-state index contributed by atoms with van der Waals surface area (Å²) in [6.45, 7) is -1.32. The summed E-state index contributed by atoms with van der Waals surface area (Å²) in [6, 6.07) is 6.38. The molecule has 11 nitrogen and oxygen atoms in total. The maximum absolute atomic E-state index is 14.0. The van der Waals surface area contributed by atoms with Crippen LogP contribution in [0, 0.1) is 11.8 Å². The molecule has 5 rings (SSSR count). The van der Waals surface area contributed by atoms with E-state index in [0.29, 0.717) is 28.0 Å². The predicted molar refractivity (Wildman–Crippen MR) is 154 cm³/mol. The number of aliphatic hydroxyl groups is 3. The van der Waals surface area contributed by atoms with Crippen LogP contribution in [0.15, 0.2) is 47.2 Å². The highest BCUT2D eigenvalue weighted by Gasteiger charge is 2.64. The van der Waals surface area contributed by atoms with Crippen LogP contribution in [-0.4, -0.2) is 88.4 Å². The SMILES string of the molecule is COc1ccc(CNCC(F)(F)F)cc1-c1ccc(O)c2c1C[C@H]1C[C@@H]3[C@@H](N(C)C)C(=O)C(C(N)=O)=C(O)[C@]3(O)C(=O)C1=C2O. The topological polar surface area (TPSA) is 183 Å². The molecule has 7 N–H and O–H groups in total. The molecule has 2 aromatic rings. The van der Waals surface area contributed by atoms with Crippen molar-refractivity contribution < 1.29 is 52.7 Å². The number of methoxy groups -OCH3 is 1. The molecule has 1 fully saturated rings. The van der Waals surface area contributed by atoms with Gasteiger partial charge in [-0.25, -0.2) is 0 Å². The number of aromatic hydroxyl groups is 1. The van der Waals surface area contributed by atoms with Gasteiger partial charge in [0.05, 0.1) is 25.3 Å². The summed E-state index contributed by atoms with van der Waals surface area (Å²) in [7, 11) is 4.42. The zero-order valence-corrected chi connectivity index (χ0v) is 24.5. The predicted octanol–water partition coefficient (Wildman–Crippen LogP) is 2.29. The monoisotopic (exact) mass is 631 g/mol. The number of halogens is 3. The third-order valence-electron chi connectivity index (χ3n) is 8.81. The van der Waals surface area contributed by atoms with Crippen molar-refractivity contribution in [1.82, 2.24) is 10.2 Å². The molecule has 3 aliphatic rings. The van der Waals surface area contributed by atoms with Crippen molar-refractivity contribution in [2.45, 2.75) is 37.2 Å². The number of aliphatic hydroxyl groups excluding tert-OH is 2. The molecular weight excluding hydrogens is 599 g/mol. The number of amides is 1. The van der Waals surface area contributed by atoms with Crippen LogP contribution in [0.2, 0.25) is 0 Å². The standard InChI is InChI=1S/C31H32F3N3O8/c1-37(2)24-18-10-14-9-17-15(16-8-13(4-7-20(16)45-3)11-36-12-30(32,33)34)5-6-19(38)22(17)25(39)21(14)27(41)31(18,44)28(42)23(26(24)40)29(35)43/h4-8,14,18,24,36,38-39,42,44H,9-12H2,1-3H3,(H2,35,43)/t14-,18+,24+,31+/m0/s1. The van der Waals surface area contributed by atoms with Crippen molar-refractivity contribution in [2.24, 2.45) is 17.6 Å². The lowest BCUT2D eigenvalue weighted by atomic mass is 9.57. The van der Waals surface area contributed by atoms with Gasteiger partial charge in [0, 0.05) is 23.6 Å². The maximum Gasteiger partial charge on any atom is 0.401 e. The van der Waals surface area contributed by atoms with E-state index in [2.05, 4.69) is 5.32 Å². The van der Waals surface area contributed by atoms with E-state index in [9.17, 15) is 48.0 Å². The van der Waals surface area contributed by atoms with Crippen LogP contribution in [0.25, 0.3) is 16.9 Å². The van der Waals surface area contributed by atoms with Gasteiger partial charge in [0.25, 0.3) is 5.91 Å². The summed E-state index contributed by atoms with van der Waals surface area (Å²) < 4.78 is 43.7. The van der Waals surface area contributed by atoms with E-state index in [4.69, 9.17) is 10.5 Å². The molecule has 3 aliphatic carbocycles. The summed E-state index contributed by atoms with van der Waals surface area (Å²) in [5.41, 5.74) is 3.05. The molecule has 240 valence electrons. The first-order chi connectivity index (χ1) is 21.0. The number of nitrogens with two attached hydrogens (primary N) is 1. The van der Waals surface area contributed by atoms with Crippen molar-refractivity contribution in [2.75, 3.05) is 27.7 Å². The van der Waals surface area contributed by atoms with Gasteiger partial charge in [-0.2, -0.15) is 13.2 Å². The second-order valence-electron chi connectivity index (χ2n) is 11.7. The lowest BCUT2D eigenvalue weighted by Crippen LogP contribution is -2.65. The van der Waals surface area contributed by atoms with Crippen molar-refractivity contribution in [1.29, 1.82) is 0 Å². The minimum atomic E-state index is -4.40. The fourth-order valence-electron chi connectivity index (χ4n) is 6.92. The maximum atomic E-state index is 14.0. The van der Waals surface area contributed by atoms with Crippen LogP contribution < -0.4 is 15.8 Å². The number of benzene rings is 2. The number of primary amides is 1. The molecule has 0 heterocycles. The van der Waals surface area contributed by atoms with E-state index >= 15 is 0 Å². The van der Waals surface area contributed by atoms with Crippen molar-refractivity contribution in [3.8, 4) is 22.6 Å². The summed E-state index contributed by atoms with van der Waals surface area (Å²) in [4.78, 5) is 40.9. The van der Waals surface area contributed by atoms with E-state index < -0.39 is 76.5 Å². The smallest absolute Gasteiger partial charge is 0.401 e. The minimum Gasteiger partial charge on any atom is -0.508 e. The Hall–Kier alpha value is -4.40. The Morgan fingerprint density at radius 1 is 1.13 bits per heavy atom. The number of phenolic OH excluding ortho intramolecular Hbond substituents is 1. The van der Waals surface area contributed by atoms with Crippen molar-refractivity contribution in [3.05, 3.63) is 63.9 Å². The lowest BCUT2D eigenvalue weighted by molar-refractivity contribution is -0.153. The second kappa shape index (κ2) is 11.2. The van der Waals surface area contributed by atoms with E-state index in [1.165, 1.54) is 32.2 Å². The number of alkyl halides is 3. The molecule has 0 aliphatic heterocycles. The third-order valence-corrected chi connectivity index (χ3v) is 8.81. The number of hydrogen-bond acceptors (Lipinski definition) is 10. The highest BCUT2D eigenvalue weighted by molar-refractivity contribution is 6.24. The van der Waals surface area contributed by atoms with E-state index in [1.54, 1.807) is 24.3 Å². The number of carbonyl (C=O) groups is 3. The van der Waals surface area contributed by atoms with Crippen LogP contribution in [0.1, 0.15) is 23.1 Å². The number of Topliss-reactive ketones (excluding diaryl/α,β-unsaturated/α-hetero) is 2. The first-order valence-corrected chi connectivity index (χ1v) is 14.0. The number of carbonyl (C=O) groups excluding carboxylic acids is 3. The zero-order chi connectivity index (χ0) is 33.2. The molecule has 1 amide bonds. The average molecular weight is 632 g/mol. The molecule has 0 unspecified atom stereocenters. The Labute approximate surface area is 255 Å². The number of fused-ring (bicyclic) bond motifs is 3. The van der Waals surface area contributed by atoms with Crippen molar-refractivity contribution in [3.63, 3.8) is 0 Å². The fraction of sp³-hybridized carbons (Fsp3) is 0.387. The van der Waals surface area contributed by atoms with Crippen LogP contribution in [0.4, 0.5) is 13.2 Å². The quantitative estimate of drug-likeness (QED) is 0.248. The Bertz CT molecular complexity index is 1680. The summed E-state index contributed by atoms with van der Waals surface area (Å²) in [6.07, 6.45) is -4.48. The van der Waals surface area contributed by atoms with Gasteiger partial charge in [0.15, 0.2) is 11.4 Å². The molecule has 0 aromatic heterocycles. The first-order valence-electron chi connectivity index (χ1n) is 14.0. The summed E-state index contributed by atoms with van der Waals surface area (Å²) in [5, 5.41) is 47.5. The second-order valence-corrected chi connectivity index (χ2v) is 11.7. The molecular formula is C31H32F3N3O8. The minimum absolute atomic E-state index is 0.0258. The van der Waals surface area contributed by atoms with Gasteiger partial charge in [-0.1, -0.05) is 12.1 Å². The van der Waals surface area contributed by atoms with Gasteiger partial charge in [-0.15, -0.1) is 0 Å². The number of ketones is 2. The number of nitrogens with one attached hydrogen (secondary N) is 1. The molecule has 14 heteroatoms. The fourth-order valence-corrected chi connectivity index (χ4v) is 6.92. The van der Waals surface area contributed by atoms with Crippen LogP contribution in [0.5, 0.6) is 11.5 Å². The molecule has 0 spiro atoms. The lowest BCUT2D eigenvalue weighted by Gasteiger charge is -2.50. The number of hydrogen-bond donors (Lipinski definition) is 6. The number of likely N-dealkylation sites (N-methyl/N-ethyl adjacent to an activating group) is 1. The molecule has 4 atom stereocenters. The highest BCUT2D eigenvalue weighted by atomic mass is 19.4. The van der Waals surface area contributed by atoms with Gasteiger partial charge < -0.3 is 36.2 Å².